The third kappa shape index (κ3) is 4.82. The van der Waals surface area contributed by atoms with Crippen molar-refractivity contribution in [1.82, 2.24) is 9.88 Å². The highest BCUT2D eigenvalue weighted by Gasteiger charge is 2.22. The van der Waals surface area contributed by atoms with Crippen LogP contribution < -0.4 is 9.64 Å². The monoisotopic (exact) mass is 419 g/mol. The smallest absolute Gasteiger partial charge is 0.260 e. The summed E-state index contributed by atoms with van der Waals surface area (Å²) in [5, 5.41) is 0.711. The van der Waals surface area contributed by atoms with E-state index in [9.17, 15) is 4.79 Å². The molecule has 0 unspecified atom stereocenters. The van der Waals surface area contributed by atoms with Gasteiger partial charge in [-0.05, 0) is 69.4 Å². The largest absolute Gasteiger partial charge is 0.497 e. The van der Waals surface area contributed by atoms with Gasteiger partial charge in [0.1, 0.15) is 5.75 Å². The van der Waals surface area contributed by atoms with E-state index in [4.69, 9.17) is 9.72 Å². The Bertz CT molecular complexity index is 971. The molecule has 0 saturated carbocycles. The van der Waals surface area contributed by atoms with Crippen LogP contribution in [0.2, 0.25) is 0 Å². The zero-order valence-corrected chi connectivity index (χ0v) is 18.5. The Labute approximate surface area is 176 Å². The Morgan fingerprint density at radius 2 is 1.82 bits per heavy atom. The average Bonchev–Trinajstić information content (AvgIpc) is 3.06. The van der Waals surface area contributed by atoms with E-state index in [1.54, 1.807) is 12.0 Å². The molecule has 0 radical (unpaired) electrons. The van der Waals surface area contributed by atoms with Crippen LogP contribution in [0.3, 0.4) is 0 Å². The van der Waals surface area contributed by atoms with E-state index >= 15 is 0 Å². The van der Waals surface area contributed by atoms with E-state index < -0.39 is 0 Å². The standard InChI is InChI=1S/C21H25N3O2S.ClH/c1-14-6-7-16(12-15(14)2)20(25)24(11-10-23(3)4)21-22-18-9-8-17(26-5)13-19(18)27-21;/h6-9,12-13H,10-11H2,1-5H3;1H. The molecular weight excluding hydrogens is 394 g/mol. The zero-order chi connectivity index (χ0) is 19.6. The molecule has 3 aromatic rings. The van der Waals surface area contributed by atoms with Crippen molar-refractivity contribution in [3.8, 4) is 5.75 Å². The van der Waals surface area contributed by atoms with Crippen molar-refractivity contribution in [1.29, 1.82) is 0 Å². The second-order valence-corrected chi connectivity index (χ2v) is 7.90. The first kappa shape index (κ1) is 22.1. The van der Waals surface area contributed by atoms with Crippen molar-refractivity contribution in [2.45, 2.75) is 13.8 Å². The Kier molecular flexibility index (Phi) is 7.41. The number of thiazole rings is 1. The fourth-order valence-corrected chi connectivity index (χ4v) is 3.77. The summed E-state index contributed by atoms with van der Waals surface area (Å²) in [7, 11) is 5.65. The van der Waals surface area contributed by atoms with Crippen LogP contribution in [0.5, 0.6) is 5.75 Å². The van der Waals surface area contributed by atoms with E-state index in [2.05, 4.69) is 4.90 Å². The molecule has 0 saturated heterocycles. The molecule has 28 heavy (non-hydrogen) atoms. The minimum Gasteiger partial charge on any atom is -0.497 e. The summed E-state index contributed by atoms with van der Waals surface area (Å²) in [6.07, 6.45) is 0. The summed E-state index contributed by atoms with van der Waals surface area (Å²) >= 11 is 1.51. The van der Waals surface area contributed by atoms with Gasteiger partial charge in [0.25, 0.3) is 5.91 Å². The van der Waals surface area contributed by atoms with Gasteiger partial charge in [0, 0.05) is 18.7 Å². The number of likely N-dealkylation sites (N-methyl/N-ethyl adjacent to an activating group) is 1. The minimum absolute atomic E-state index is 0. The molecule has 2 aromatic carbocycles. The minimum atomic E-state index is -0.0222. The van der Waals surface area contributed by atoms with Gasteiger partial charge in [-0.1, -0.05) is 17.4 Å². The van der Waals surface area contributed by atoms with Crippen molar-refractivity contribution in [2.24, 2.45) is 0 Å². The maximum atomic E-state index is 13.3. The second kappa shape index (κ2) is 9.37. The topological polar surface area (TPSA) is 45.7 Å². The lowest BCUT2D eigenvalue weighted by Gasteiger charge is -2.22. The van der Waals surface area contributed by atoms with Crippen LogP contribution in [0.25, 0.3) is 10.2 Å². The predicted octanol–water partition coefficient (Wildman–Crippen LogP) is 4.55. The van der Waals surface area contributed by atoms with Gasteiger partial charge in [-0.15, -0.1) is 12.4 Å². The van der Waals surface area contributed by atoms with E-state index in [-0.39, 0.29) is 18.3 Å². The van der Waals surface area contributed by atoms with E-state index in [1.165, 1.54) is 16.9 Å². The number of hydrogen-bond donors (Lipinski definition) is 0. The molecule has 3 rings (SSSR count). The van der Waals surface area contributed by atoms with Gasteiger partial charge in [0.15, 0.2) is 5.13 Å². The van der Waals surface area contributed by atoms with Gasteiger partial charge in [-0.25, -0.2) is 4.98 Å². The molecule has 0 aliphatic rings. The number of aryl methyl sites for hydroxylation is 2. The maximum Gasteiger partial charge on any atom is 0.260 e. The molecule has 7 heteroatoms. The number of amides is 1. The van der Waals surface area contributed by atoms with Gasteiger partial charge in [0.2, 0.25) is 0 Å². The molecule has 0 atom stereocenters. The molecule has 0 fully saturated rings. The highest BCUT2D eigenvalue weighted by molar-refractivity contribution is 7.22. The maximum absolute atomic E-state index is 13.3. The lowest BCUT2D eigenvalue weighted by molar-refractivity contribution is 0.0985. The fourth-order valence-electron chi connectivity index (χ4n) is 2.75. The van der Waals surface area contributed by atoms with Crippen LogP contribution in [0.4, 0.5) is 5.13 Å². The zero-order valence-electron chi connectivity index (χ0n) is 16.9. The Morgan fingerprint density at radius 3 is 2.46 bits per heavy atom. The van der Waals surface area contributed by atoms with Crippen LogP contribution in [0, 0.1) is 13.8 Å². The number of hydrogen-bond acceptors (Lipinski definition) is 5. The summed E-state index contributed by atoms with van der Waals surface area (Å²) in [5.41, 5.74) is 3.85. The third-order valence-electron chi connectivity index (χ3n) is 4.59. The molecular formula is C21H26ClN3O2S. The lowest BCUT2D eigenvalue weighted by atomic mass is 10.1. The molecule has 1 aromatic heterocycles. The number of nitrogens with zero attached hydrogens (tertiary/aromatic N) is 3. The Hall–Kier alpha value is -2.15. The Morgan fingerprint density at radius 1 is 1.07 bits per heavy atom. The molecule has 1 amide bonds. The van der Waals surface area contributed by atoms with Crippen LogP contribution in [0.15, 0.2) is 36.4 Å². The van der Waals surface area contributed by atoms with E-state index in [1.807, 2.05) is 64.3 Å². The molecule has 0 aliphatic heterocycles. The summed E-state index contributed by atoms with van der Waals surface area (Å²) in [5.74, 6) is 0.768. The van der Waals surface area contributed by atoms with Gasteiger partial charge >= 0.3 is 0 Å². The summed E-state index contributed by atoms with van der Waals surface area (Å²) in [6.45, 7) is 5.42. The van der Waals surface area contributed by atoms with Crippen molar-refractivity contribution in [2.75, 3.05) is 39.2 Å². The van der Waals surface area contributed by atoms with Gasteiger partial charge in [-0.3, -0.25) is 9.69 Å². The fraction of sp³-hybridized carbons (Fsp3) is 0.333. The molecule has 1 heterocycles. The summed E-state index contributed by atoms with van der Waals surface area (Å²) in [6, 6.07) is 11.6. The predicted molar refractivity (Wildman–Crippen MR) is 120 cm³/mol. The number of ether oxygens (including phenoxy) is 1. The average molecular weight is 420 g/mol. The number of methoxy groups -OCH3 is 1. The number of carbonyl (C=O) groups excluding carboxylic acids is 1. The van der Waals surface area contributed by atoms with Crippen molar-refractivity contribution >= 4 is 45.0 Å². The molecule has 0 bridgehead atoms. The molecule has 0 aliphatic carbocycles. The molecule has 5 nitrogen and oxygen atoms in total. The number of halogens is 1. The van der Waals surface area contributed by atoms with Crippen LogP contribution in [-0.2, 0) is 0 Å². The summed E-state index contributed by atoms with van der Waals surface area (Å²) in [4.78, 5) is 21.8. The van der Waals surface area contributed by atoms with Crippen molar-refractivity contribution < 1.29 is 9.53 Å². The third-order valence-corrected chi connectivity index (χ3v) is 5.63. The number of anilines is 1. The van der Waals surface area contributed by atoms with Gasteiger partial charge in [-0.2, -0.15) is 0 Å². The molecule has 0 N–H and O–H groups in total. The highest BCUT2D eigenvalue weighted by atomic mass is 35.5. The highest BCUT2D eigenvalue weighted by Crippen LogP contribution is 2.32. The summed E-state index contributed by atoms with van der Waals surface area (Å²) < 4.78 is 6.31. The number of fused-ring (bicyclic) bond motifs is 1. The first-order valence-corrected chi connectivity index (χ1v) is 9.69. The van der Waals surface area contributed by atoms with E-state index in [0.717, 1.165) is 28.1 Å². The van der Waals surface area contributed by atoms with Crippen LogP contribution >= 0.6 is 23.7 Å². The van der Waals surface area contributed by atoms with Gasteiger partial charge < -0.3 is 9.64 Å². The number of aromatic nitrogens is 1. The number of benzene rings is 2. The first-order valence-electron chi connectivity index (χ1n) is 8.87. The normalized spacial score (nSPS) is 10.8. The van der Waals surface area contributed by atoms with Crippen LogP contribution in [0.1, 0.15) is 21.5 Å². The molecule has 150 valence electrons. The Balaban J connectivity index is 0.00000280. The van der Waals surface area contributed by atoms with Crippen molar-refractivity contribution in [3.63, 3.8) is 0 Å². The van der Waals surface area contributed by atoms with Gasteiger partial charge in [0.05, 0.1) is 17.3 Å². The SMILES string of the molecule is COc1ccc2nc(N(CCN(C)C)C(=O)c3ccc(C)c(C)c3)sc2c1.Cl. The van der Waals surface area contributed by atoms with Crippen molar-refractivity contribution in [3.05, 3.63) is 53.1 Å². The number of carbonyl (C=O) groups is 1. The van der Waals surface area contributed by atoms with Crippen LogP contribution in [-0.4, -0.2) is 50.1 Å². The number of rotatable bonds is 6. The molecule has 0 spiro atoms. The second-order valence-electron chi connectivity index (χ2n) is 6.89. The quantitative estimate of drug-likeness (QED) is 0.587. The van der Waals surface area contributed by atoms with E-state index in [0.29, 0.717) is 17.2 Å². The first-order chi connectivity index (χ1) is 12.9. The lowest BCUT2D eigenvalue weighted by Crippen LogP contribution is -2.36.